The number of aromatic nitrogens is 2. The summed E-state index contributed by atoms with van der Waals surface area (Å²) >= 11 is 1.57. The summed E-state index contributed by atoms with van der Waals surface area (Å²) in [5.41, 5.74) is 3.11. The molecule has 0 bridgehead atoms. The Morgan fingerprint density at radius 3 is 2.77 bits per heavy atom. The standard InChI is InChI=1S/C21H18N2O2S/c1-15-6-4-7-16(12-15)14-26-21-22-19-10-3-2-9-18(19)20(24)23(21)13-17-8-5-11-25-17/h2-12H,13-14H2,1H3. The number of para-hydroxylation sites is 1. The topological polar surface area (TPSA) is 48.0 Å². The van der Waals surface area contributed by atoms with E-state index in [1.54, 1.807) is 22.6 Å². The highest BCUT2D eigenvalue weighted by atomic mass is 32.2. The SMILES string of the molecule is Cc1cccc(CSc2nc3ccccc3c(=O)n2Cc2ccco2)c1. The van der Waals surface area contributed by atoms with Crippen LogP contribution in [0.25, 0.3) is 10.9 Å². The average molecular weight is 362 g/mol. The van der Waals surface area contributed by atoms with Crippen LogP contribution in [0.15, 0.2) is 81.3 Å². The van der Waals surface area contributed by atoms with E-state index in [1.165, 1.54) is 11.1 Å². The Hall–Kier alpha value is -2.79. The zero-order valence-electron chi connectivity index (χ0n) is 14.4. The van der Waals surface area contributed by atoms with E-state index in [-0.39, 0.29) is 5.56 Å². The molecule has 0 saturated heterocycles. The Labute approximate surface area is 155 Å². The molecular weight excluding hydrogens is 344 g/mol. The molecule has 2 heterocycles. The second kappa shape index (κ2) is 7.22. The van der Waals surface area contributed by atoms with Crippen molar-refractivity contribution in [1.29, 1.82) is 0 Å². The summed E-state index contributed by atoms with van der Waals surface area (Å²) < 4.78 is 7.14. The van der Waals surface area contributed by atoms with Gasteiger partial charge in [-0.2, -0.15) is 0 Å². The first kappa shape index (κ1) is 16.7. The van der Waals surface area contributed by atoms with E-state index in [4.69, 9.17) is 9.40 Å². The van der Waals surface area contributed by atoms with Gasteiger partial charge in [-0.15, -0.1) is 0 Å². The first-order chi connectivity index (χ1) is 12.7. The fourth-order valence-corrected chi connectivity index (χ4v) is 3.85. The highest BCUT2D eigenvalue weighted by molar-refractivity contribution is 7.98. The molecular formula is C21H18N2O2S. The second-order valence-corrected chi connectivity index (χ2v) is 7.10. The number of furan rings is 1. The minimum atomic E-state index is -0.0428. The third-order valence-electron chi connectivity index (χ3n) is 4.17. The maximum Gasteiger partial charge on any atom is 0.262 e. The molecule has 0 amide bonds. The maximum atomic E-state index is 13.0. The highest BCUT2D eigenvalue weighted by Crippen LogP contribution is 2.23. The van der Waals surface area contributed by atoms with E-state index >= 15 is 0 Å². The molecule has 0 saturated carbocycles. The Bertz CT molecular complexity index is 1100. The zero-order valence-corrected chi connectivity index (χ0v) is 15.2. The first-order valence-electron chi connectivity index (χ1n) is 8.41. The number of rotatable bonds is 5. The number of hydrogen-bond donors (Lipinski definition) is 0. The van der Waals surface area contributed by atoms with Gasteiger partial charge in [0.1, 0.15) is 5.76 Å². The van der Waals surface area contributed by atoms with Crippen LogP contribution in [0.5, 0.6) is 0 Å². The molecule has 2 aromatic carbocycles. The van der Waals surface area contributed by atoms with Gasteiger partial charge < -0.3 is 4.42 Å². The van der Waals surface area contributed by atoms with Gasteiger partial charge in [0.25, 0.3) is 5.56 Å². The molecule has 0 N–H and O–H groups in total. The van der Waals surface area contributed by atoms with Gasteiger partial charge in [-0.05, 0) is 36.8 Å². The number of nitrogens with zero attached hydrogens (tertiary/aromatic N) is 2. The van der Waals surface area contributed by atoms with Crippen LogP contribution in [0, 0.1) is 6.92 Å². The van der Waals surface area contributed by atoms with E-state index in [0.717, 1.165) is 17.0 Å². The molecule has 4 rings (SSSR count). The van der Waals surface area contributed by atoms with E-state index < -0.39 is 0 Å². The van der Waals surface area contributed by atoms with Gasteiger partial charge in [-0.25, -0.2) is 4.98 Å². The van der Waals surface area contributed by atoms with Crippen molar-refractivity contribution in [2.75, 3.05) is 0 Å². The van der Waals surface area contributed by atoms with E-state index in [9.17, 15) is 4.79 Å². The summed E-state index contributed by atoms with van der Waals surface area (Å²) in [5.74, 6) is 1.49. The lowest BCUT2D eigenvalue weighted by atomic mass is 10.2. The highest BCUT2D eigenvalue weighted by Gasteiger charge is 2.13. The number of benzene rings is 2. The molecule has 2 aromatic heterocycles. The predicted octanol–water partition coefficient (Wildman–Crippen LogP) is 4.64. The second-order valence-electron chi connectivity index (χ2n) is 6.16. The summed E-state index contributed by atoms with van der Waals surface area (Å²) in [6.45, 7) is 2.45. The van der Waals surface area contributed by atoms with Gasteiger partial charge in [0.05, 0.1) is 23.7 Å². The Morgan fingerprint density at radius 2 is 1.96 bits per heavy atom. The zero-order chi connectivity index (χ0) is 17.9. The predicted molar refractivity (Wildman–Crippen MR) is 105 cm³/mol. The smallest absolute Gasteiger partial charge is 0.262 e. The first-order valence-corrected chi connectivity index (χ1v) is 9.39. The van der Waals surface area contributed by atoms with Crippen LogP contribution in [0.4, 0.5) is 0 Å². The number of thioether (sulfide) groups is 1. The Balaban J connectivity index is 1.74. The summed E-state index contributed by atoms with van der Waals surface area (Å²) in [6, 6.07) is 19.5. The lowest BCUT2D eigenvalue weighted by molar-refractivity contribution is 0.476. The normalized spacial score (nSPS) is 11.1. The maximum absolute atomic E-state index is 13.0. The van der Waals surface area contributed by atoms with Gasteiger partial charge in [-0.3, -0.25) is 9.36 Å². The molecule has 0 radical (unpaired) electrons. The molecule has 0 aliphatic heterocycles. The van der Waals surface area contributed by atoms with Crippen molar-refractivity contribution in [3.63, 3.8) is 0 Å². The van der Waals surface area contributed by atoms with Crippen molar-refractivity contribution in [2.45, 2.75) is 24.4 Å². The van der Waals surface area contributed by atoms with Gasteiger partial charge in [0.2, 0.25) is 0 Å². The molecule has 0 unspecified atom stereocenters. The van der Waals surface area contributed by atoms with Crippen molar-refractivity contribution >= 4 is 22.7 Å². The van der Waals surface area contributed by atoms with Crippen LogP contribution < -0.4 is 5.56 Å². The molecule has 26 heavy (non-hydrogen) atoms. The summed E-state index contributed by atoms with van der Waals surface area (Å²) in [7, 11) is 0. The largest absolute Gasteiger partial charge is 0.467 e. The molecule has 4 aromatic rings. The van der Waals surface area contributed by atoms with Crippen LogP contribution >= 0.6 is 11.8 Å². The summed E-state index contributed by atoms with van der Waals surface area (Å²) in [6.07, 6.45) is 1.62. The average Bonchev–Trinajstić information content (AvgIpc) is 3.16. The Morgan fingerprint density at radius 1 is 1.08 bits per heavy atom. The van der Waals surface area contributed by atoms with Crippen LogP contribution in [-0.2, 0) is 12.3 Å². The molecule has 5 heteroatoms. The van der Waals surface area contributed by atoms with Crippen LogP contribution in [0.1, 0.15) is 16.9 Å². The monoisotopic (exact) mass is 362 g/mol. The van der Waals surface area contributed by atoms with Crippen LogP contribution in [0.3, 0.4) is 0 Å². The summed E-state index contributed by atoms with van der Waals surface area (Å²) in [4.78, 5) is 17.7. The molecule has 130 valence electrons. The number of aryl methyl sites for hydroxylation is 1. The van der Waals surface area contributed by atoms with Gasteiger partial charge in [-0.1, -0.05) is 53.7 Å². The van der Waals surface area contributed by atoms with Gasteiger partial charge in [0.15, 0.2) is 5.16 Å². The fraction of sp³-hybridized carbons (Fsp3) is 0.143. The van der Waals surface area contributed by atoms with Crippen LogP contribution in [-0.4, -0.2) is 9.55 Å². The molecule has 0 aliphatic carbocycles. The molecule has 0 atom stereocenters. The summed E-state index contributed by atoms with van der Waals surface area (Å²) in [5, 5.41) is 1.32. The van der Waals surface area contributed by atoms with Gasteiger partial charge >= 0.3 is 0 Å². The number of fused-ring (bicyclic) bond motifs is 1. The van der Waals surface area contributed by atoms with Crippen molar-refractivity contribution in [3.05, 3.63) is 94.2 Å². The third-order valence-corrected chi connectivity index (χ3v) is 5.22. The minimum absolute atomic E-state index is 0.0428. The quantitative estimate of drug-likeness (QED) is 0.383. The third kappa shape index (κ3) is 3.44. The molecule has 0 fully saturated rings. The lowest BCUT2D eigenvalue weighted by Gasteiger charge is -2.12. The molecule has 0 spiro atoms. The molecule has 0 aliphatic rings. The Kier molecular flexibility index (Phi) is 4.63. The fourth-order valence-electron chi connectivity index (χ4n) is 2.91. The van der Waals surface area contributed by atoms with Crippen molar-refractivity contribution < 1.29 is 4.42 Å². The number of hydrogen-bond acceptors (Lipinski definition) is 4. The van der Waals surface area contributed by atoms with Crippen molar-refractivity contribution in [2.24, 2.45) is 0 Å². The van der Waals surface area contributed by atoms with Crippen LogP contribution in [0.2, 0.25) is 0 Å². The van der Waals surface area contributed by atoms with E-state index in [0.29, 0.717) is 17.1 Å². The minimum Gasteiger partial charge on any atom is -0.467 e. The van der Waals surface area contributed by atoms with E-state index in [2.05, 4.69) is 31.2 Å². The van der Waals surface area contributed by atoms with Crippen molar-refractivity contribution in [3.8, 4) is 0 Å². The van der Waals surface area contributed by atoms with Gasteiger partial charge in [0, 0.05) is 5.75 Å². The lowest BCUT2D eigenvalue weighted by Crippen LogP contribution is -2.23. The van der Waals surface area contributed by atoms with Crippen molar-refractivity contribution in [1.82, 2.24) is 9.55 Å². The molecule has 4 nitrogen and oxygen atoms in total. The van der Waals surface area contributed by atoms with E-state index in [1.807, 2.05) is 36.4 Å².